The van der Waals surface area contributed by atoms with Gasteiger partial charge in [0.15, 0.2) is 11.5 Å². The zero-order valence-electron chi connectivity index (χ0n) is 13.2. The van der Waals surface area contributed by atoms with Crippen LogP contribution in [0.3, 0.4) is 0 Å². The summed E-state index contributed by atoms with van der Waals surface area (Å²) in [5.41, 5.74) is 1.19. The number of hydrogen-bond acceptors (Lipinski definition) is 3. The number of para-hydroxylation sites is 1. The summed E-state index contributed by atoms with van der Waals surface area (Å²) in [4.78, 5) is 0. The van der Waals surface area contributed by atoms with Crippen molar-refractivity contribution in [2.45, 2.75) is 46.2 Å². The number of hydrogen-bond donors (Lipinski definition) is 1. The second-order valence-electron chi connectivity index (χ2n) is 5.71. The van der Waals surface area contributed by atoms with E-state index in [0.717, 1.165) is 30.0 Å². The van der Waals surface area contributed by atoms with Gasteiger partial charge in [0, 0.05) is 17.6 Å². The lowest BCUT2D eigenvalue weighted by atomic mass is 10.1. The fraction of sp³-hybridized carbons (Fsp3) is 0.529. The van der Waals surface area contributed by atoms with Gasteiger partial charge in [0.05, 0.1) is 13.2 Å². The average molecular weight is 277 g/mol. The molecule has 1 rings (SSSR count). The molecule has 0 atom stereocenters. The van der Waals surface area contributed by atoms with Gasteiger partial charge in [-0.25, -0.2) is 0 Å². The summed E-state index contributed by atoms with van der Waals surface area (Å²) in [6, 6.07) is 6.03. The first kappa shape index (κ1) is 16.6. The van der Waals surface area contributed by atoms with Crippen molar-refractivity contribution in [3.63, 3.8) is 0 Å². The minimum Gasteiger partial charge on any atom is -0.490 e. The lowest BCUT2D eigenvalue weighted by Gasteiger charge is -2.22. The monoisotopic (exact) mass is 277 g/mol. The van der Waals surface area contributed by atoms with Gasteiger partial charge in [-0.3, -0.25) is 0 Å². The van der Waals surface area contributed by atoms with Gasteiger partial charge in [-0.15, -0.1) is 6.58 Å². The normalized spacial score (nSPS) is 11.2. The Morgan fingerprint density at radius 2 is 2.00 bits per heavy atom. The standard InChI is InChI=1S/C17H27NO2/c1-6-8-12-20-16-14(13-18-17(3,4)5)10-9-11-15(16)19-7-2/h6,9-11,18H,1,7-8,12-13H2,2-5H3. The van der Waals surface area contributed by atoms with Crippen molar-refractivity contribution < 1.29 is 9.47 Å². The molecule has 1 N–H and O–H groups in total. The van der Waals surface area contributed by atoms with Crippen molar-refractivity contribution in [1.29, 1.82) is 0 Å². The quantitative estimate of drug-likeness (QED) is 0.577. The number of nitrogens with one attached hydrogen (secondary N) is 1. The summed E-state index contributed by atoms with van der Waals surface area (Å²) >= 11 is 0. The smallest absolute Gasteiger partial charge is 0.165 e. The molecular weight excluding hydrogens is 250 g/mol. The van der Waals surface area contributed by atoms with E-state index in [2.05, 4.69) is 38.7 Å². The van der Waals surface area contributed by atoms with Crippen LogP contribution in [-0.2, 0) is 6.54 Å². The molecule has 0 spiro atoms. The maximum Gasteiger partial charge on any atom is 0.165 e. The van der Waals surface area contributed by atoms with E-state index in [-0.39, 0.29) is 5.54 Å². The van der Waals surface area contributed by atoms with Crippen LogP contribution in [-0.4, -0.2) is 18.8 Å². The van der Waals surface area contributed by atoms with Crippen LogP contribution in [0.2, 0.25) is 0 Å². The highest BCUT2D eigenvalue weighted by atomic mass is 16.5. The van der Waals surface area contributed by atoms with Crippen LogP contribution in [0.25, 0.3) is 0 Å². The average Bonchev–Trinajstić information content (AvgIpc) is 2.38. The molecule has 0 saturated carbocycles. The van der Waals surface area contributed by atoms with Crippen molar-refractivity contribution in [2.24, 2.45) is 0 Å². The summed E-state index contributed by atoms with van der Waals surface area (Å²) < 4.78 is 11.6. The molecule has 0 fully saturated rings. The Balaban J connectivity index is 2.89. The van der Waals surface area contributed by atoms with E-state index in [1.807, 2.05) is 25.1 Å². The number of benzene rings is 1. The Morgan fingerprint density at radius 1 is 1.25 bits per heavy atom. The van der Waals surface area contributed by atoms with E-state index in [0.29, 0.717) is 13.2 Å². The van der Waals surface area contributed by atoms with Gasteiger partial charge in [0.2, 0.25) is 0 Å². The van der Waals surface area contributed by atoms with Crippen LogP contribution < -0.4 is 14.8 Å². The van der Waals surface area contributed by atoms with Gasteiger partial charge in [-0.1, -0.05) is 18.2 Å². The third kappa shape index (κ3) is 5.66. The fourth-order valence-electron chi connectivity index (χ4n) is 1.74. The van der Waals surface area contributed by atoms with Gasteiger partial charge in [0.25, 0.3) is 0 Å². The summed E-state index contributed by atoms with van der Waals surface area (Å²) in [6.07, 6.45) is 2.68. The maximum atomic E-state index is 5.89. The molecule has 3 nitrogen and oxygen atoms in total. The Bertz CT molecular complexity index is 421. The fourth-order valence-corrected chi connectivity index (χ4v) is 1.74. The number of ether oxygens (including phenoxy) is 2. The largest absolute Gasteiger partial charge is 0.490 e. The van der Waals surface area contributed by atoms with Crippen molar-refractivity contribution in [3.8, 4) is 11.5 Å². The highest BCUT2D eigenvalue weighted by molar-refractivity contribution is 5.46. The van der Waals surface area contributed by atoms with Gasteiger partial charge < -0.3 is 14.8 Å². The van der Waals surface area contributed by atoms with Crippen LogP contribution >= 0.6 is 0 Å². The van der Waals surface area contributed by atoms with Crippen LogP contribution in [0.4, 0.5) is 0 Å². The van der Waals surface area contributed by atoms with Crippen molar-refractivity contribution in [1.82, 2.24) is 5.32 Å². The molecular formula is C17H27NO2. The molecule has 1 aromatic rings. The summed E-state index contributed by atoms with van der Waals surface area (Å²) in [7, 11) is 0. The molecule has 0 unspecified atom stereocenters. The summed E-state index contributed by atoms with van der Waals surface area (Å²) in [6.45, 7) is 14.2. The lowest BCUT2D eigenvalue weighted by molar-refractivity contribution is 0.276. The van der Waals surface area contributed by atoms with Crippen LogP contribution in [0.1, 0.15) is 39.7 Å². The van der Waals surface area contributed by atoms with E-state index in [4.69, 9.17) is 9.47 Å². The van der Waals surface area contributed by atoms with E-state index in [1.165, 1.54) is 0 Å². The van der Waals surface area contributed by atoms with Crippen LogP contribution in [0.5, 0.6) is 11.5 Å². The first-order chi connectivity index (χ1) is 9.48. The van der Waals surface area contributed by atoms with E-state index in [9.17, 15) is 0 Å². The minimum absolute atomic E-state index is 0.0694. The predicted octanol–water partition coefficient (Wildman–Crippen LogP) is 3.93. The first-order valence-corrected chi connectivity index (χ1v) is 7.21. The van der Waals surface area contributed by atoms with Crippen molar-refractivity contribution in [2.75, 3.05) is 13.2 Å². The Kier molecular flexibility index (Phi) is 6.59. The first-order valence-electron chi connectivity index (χ1n) is 7.21. The van der Waals surface area contributed by atoms with E-state index in [1.54, 1.807) is 0 Å². The third-order valence-electron chi connectivity index (χ3n) is 2.74. The van der Waals surface area contributed by atoms with Gasteiger partial charge in [0.1, 0.15) is 0 Å². The maximum absolute atomic E-state index is 5.89. The molecule has 0 amide bonds. The second kappa shape index (κ2) is 7.95. The molecule has 1 aromatic carbocycles. The molecule has 0 saturated heterocycles. The topological polar surface area (TPSA) is 30.5 Å². The minimum atomic E-state index is 0.0694. The molecule has 3 heteroatoms. The molecule has 0 bridgehead atoms. The molecule has 112 valence electrons. The SMILES string of the molecule is C=CCCOc1c(CNC(C)(C)C)cccc1OCC. The zero-order valence-corrected chi connectivity index (χ0v) is 13.2. The van der Waals surface area contributed by atoms with Crippen LogP contribution in [0, 0.1) is 0 Å². The number of rotatable bonds is 8. The predicted molar refractivity (Wildman–Crippen MR) is 84.5 cm³/mol. The molecule has 20 heavy (non-hydrogen) atoms. The highest BCUT2D eigenvalue weighted by Gasteiger charge is 2.14. The highest BCUT2D eigenvalue weighted by Crippen LogP contribution is 2.31. The lowest BCUT2D eigenvalue weighted by Crippen LogP contribution is -2.35. The van der Waals surface area contributed by atoms with Gasteiger partial charge >= 0.3 is 0 Å². The van der Waals surface area contributed by atoms with E-state index < -0.39 is 0 Å². The summed E-state index contributed by atoms with van der Waals surface area (Å²) in [5.74, 6) is 1.65. The second-order valence-corrected chi connectivity index (χ2v) is 5.71. The Morgan fingerprint density at radius 3 is 2.60 bits per heavy atom. The van der Waals surface area contributed by atoms with Gasteiger partial charge in [-0.2, -0.15) is 0 Å². The molecule has 0 heterocycles. The van der Waals surface area contributed by atoms with E-state index >= 15 is 0 Å². The molecule has 0 aliphatic carbocycles. The molecule has 0 aliphatic rings. The third-order valence-corrected chi connectivity index (χ3v) is 2.74. The van der Waals surface area contributed by atoms with Gasteiger partial charge in [-0.05, 0) is 40.2 Å². The zero-order chi connectivity index (χ0) is 15.0. The Labute approximate surface area is 123 Å². The molecule has 0 aromatic heterocycles. The molecule has 0 radical (unpaired) electrons. The van der Waals surface area contributed by atoms with Crippen molar-refractivity contribution in [3.05, 3.63) is 36.4 Å². The summed E-state index contributed by atoms with van der Waals surface area (Å²) in [5, 5.41) is 3.48. The Hall–Kier alpha value is -1.48. The van der Waals surface area contributed by atoms with Crippen molar-refractivity contribution >= 4 is 0 Å². The molecule has 0 aliphatic heterocycles. The van der Waals surface area contributed by atoms with Crippen LogP contribution in [0.15, 0.2) is 30.9 Å².